The van der Waals surface area contributed by atoms with E-state index < -0.39 is 0 Å². The molecule has 1 atom stereocenters. The number of nitrogens with zero attached hydrogens (tertiary/aromatic N) is 1. The number of benzene rings is 2. The molecule has 4 heteroatoms. The van der Waals surface area contributed by atoms with Gasteiger partial charge in [0.2, 0.25) is 0 Å². The van der Waals surface area contributed by atoms with Crippen molar-refractivity contribution in [2.24, 2.45) is 0 Å². The molecule has 1 heterocycles. The van der Waals surface area contributed by atoms with Crippen LogP contribution in [-0.2, 0) is 6.42 Å². The molecule has 23 heavy (non-hydrogen) atoms. The third-order valence-electron chi connectivity index (χ3n) is 4.09. The molecule has 2 aromatic carbocycles. The Labute approximate surface area is 137 Å². The van der Waals surface area contributed by atoms with Crippen LogP contribution in [0.3, 0.4) is 0 Å². The molecule has 122 valence electrons. The minimum atomic E-state index is 0.0886. The number of aromatic hydroxyl groups is 1. The maximum Gasteiger partial charge on any atom is 0.143 e. The van der Waals surface area contributed by atoms with E-state index in [-0.39, 0.29) is 11.9 Å². The van der Waals surface area contributed by atoms with Gasteiger partial charge in [-0.3, -0.25) is 0 Å². The third kappa shape index (κ3) is 3.52. The van der Waals surface area contributed by atoms with Crippen LogP contribution in [0.4, 0.5) is 5.69 Å². The molecule has 1 aliphatic rings. The topological polar surface area (TPSA) is 41.9 Å². The van der Waals surface area contributed by atoms with E-state index in [1.807, 2.05) is 18.2 Å². The molecule has 0 saturated heterocycles. The van der Waals surface area contributed by atoms with Crippen LogP contribution >= 0.6 is 0 Å². The molecule has 1 unspecified atom stereocenters. The summed E-state index contributed by atoms with van der Waals surface area (Å²) < 4.78 is 11.4. The molecule has 1 N–H and O–H groups in total. The van der Waals surface area contributed by atoms with Gasteiger partial charge in [0.15, 0.2) is 0 Å². The van der Waals surface area contributed by atoms with Crippen molar-refractivity contribution in [3.63, 3.8) is 0 Å². The summed E-state index contributed by atoms with van der Waals surface area (Å²) in [4.78, 5) is 2.30. The van der Waals surface area contributed by atoms with Crippen LogP contribution in [0.15, 0.2) is 42.5 Å². The molecule has 3 rings (SSSR count). The highest BCUT2D eigenvalue weighted by molar-refractivity contribution is 5.63. The van der Waals surface area contributed by atoms with Gasteiger partial charge in [-0.2, -0.15) is 0 Å². The maximum absolute atomic E-state index is 9.74. The van der Waals surface area contributed by atoms with Crippen LogP contribution in [0, 0.1) is 0 Å². The molecule has 0 amide bonds. The smallest absolute Gasteiger partial charge is 0.143 e. The largest absolute Gasteiger partial charge is 0.508 e. The van der Waals surface area contributed by atoms with Crippen LogP contribution in [0.5, 0.6) is 17.2 Å². The molecule has 0 aromatic heterocycles. The zero-order valence-electron chi connectivity index (χ0n) is 13.7. The lowest BCUT2D eigenvalue weighted by molar-refractivity contribution is 0.193. The lowest BCUT2D eigenvalue weighted by Gasteiger charge is -2.36. The zero-order chi connectivity index (χ0) is 16.2. The average molecular weight is 313 g/mol. The minimum absolute atomic E-state index is 0.0886. The van der Waals surface area contributed by atoms with Crippen LogP contribution in [-0.4, -0.2) is 31.4 Å². The summed E-state index contributed by atoms with van der Waals surface area (Å²) >= 11 is 0. The molecule has 0 spiro atoms. The van der Waals surface area contributed by atoms with Crippen molar-refractivity contribution in [2.45, 2.75) is 25.9 Å². The fourth-order valence-corrected chi connectivity index (χ4v) is 3.06. The highest BCUT2D eigenvalue weighted by Crippen LogP contribution is 2.36. The number of hydrogen-bond acceptors (Lipinski definition) is 4. The standard InChI is InChI=1S/C19H23NO3/c1-3-9-20-13-17(11-14-5-4-6-16(10-14)22-2)23-19-8-7-15(21)12-18(19)20/h4-8,10,12,17,21H,3,9,11,13H2,1-2H3. The molecule has 2 aromatic rings. The maximum atomic E-state index is 9.74. The fourth-order valence-electron chi connectivity index (χ4n) is 3.06. The number of ether oxygens (including phenoxy) is 2. The van der Waals surface area contributed by atoms with Gasteiger partial charge in [0.1, 0.15) is 23.4 Å². The van der Waals surface area contributed by atoms with E-state index in [2.05, 4.69) is 24.0 Å². The number of phenols is 1. The van der Waals surface area contributed by atoms with Crippen molar-refractivity contribution >= 4 is 5.69 Å². The second-order valence-electron chi connectivity index (χ2n) is 5.89. The second kappa shape index (κ2) is 6.82. The molecule has 4 nitrogen and oxygen atoms in total. The Bertz CT molecular complexity index is 671. The fraction of sp³-hybridized carbons (Fsp3) is 0.368. The van der Waals surface area contributed by atoms with Gasteiger partial charge in [0.05, 0.1) is 19.3 Å². The Balaban J connectivity index is 1.80. The Morgan fingerprint density at radius 3 is 2.91 bits per heavy atom. The van der Waals surface area contributed by atoms with E-state index in [1.165, 1.54) is 5.56 Å². The molecular formula is C19H23NO3. The second-order valence-corrected chi connectivity index (χ2v) is 5.89. The highest BCUT2D eigenvalue weighted by Gasteiger charge is 2.25. The zero-order valence-corrected chi connectivity index (χ0v) is 13.7. The highest BCUT2D eigenvalue weighted by atomic mass is 16.5. The van der Waals surface area contributed by atoms with Gasteiger partial charge in [-0.05, 0) is 36.2 Å². The van der Waals surface area contributed by atoms with Crippen molar-refractivity contribution < 1.29 is 14.6 Å². The van der Waals surface area contributed by atoms with Crippen molar-refractivity contribution in [2.75, 3.05) is 25.1 Å². The van der Waals surface area contributed by atoms with Gasteiger partial charge < -0.3 is 19.5 Å². The predicted molar refractivity (Wildman–Crippen MR) is 91.7 cm³/mol. The Hall–Kier alpha value is -2.36. The van der Waals surface area contributed by atoms with Gasteiger partial charge in [-0.15, -0.1) is 0 Å². The van der Waals surface area contributed by atoms with E-state index >= 15 is 0 Å². The number of fused-ring (bicyclic) bond motifs is 1. The number of anilines is 1. The first kappa shape index (κ1) is 15.5. The monoisotopic (exact) mass is 313 g/mol. The van der Waals surface area contributed by atoms with Crippen LogP contribution in [0.1, 0.15) is 18.9 Å². The summed E-state index contributed by atoms with van der Waals surface area (Å²) in [5.74, 6) is 1.99. The first-order valence-corrected chi connectivity index (χ1v) is 8.07. The van der Waals surface area contributed by atoms with E-state index in [4.69, 9.17) is 9.47 Å². The number of hydrogen-bond donors (Lipinski definition) is 1. The third-order valence-corrected chi connectivity index (χ3v) is 4.09. The normalized spacial score (nSPS) is 16.6. The lowest BCUT2D eigenvalue weighted by Crippen LogP contribution is -2.41. The van der Waals surface area contributed by atoms with Gasteiger partial charge >= 0.3 is 0 Å². The average Bonchev–Trinajstić information content (AvgIpc) is 2.56. The van der Waals surface area contributed by atoms with Crippen molar-refractivity contribution in [3.05, 3.63) is 48.0 Å². The number of phenolic OH excluding ortho intramolecular Hbond substituents is 1. The summed E-state index contributed by atoms with van der Waals surface area (Å²) in [7, 11) is 1.68. The number of rotatable bonds is 5. The van der Waals surface area contributed by atoms with E-state index in [0.29, 0.717) is 0 Å². The molecule has 1 aliphatic heterocycles. The van der Waals surface area contributed by atoms with Crippen molar-refractivity contribution in [1.29, 1.82) is 0 Å². The first-order chi connectivity index (χ1) is 11.2. The molecule has 0 aliphatic carbocycles. The van der Waals surface area contributed by atoms with E-state index in [0.717, 1.165) is 43.1 Å². The van der Waals surface area contributed by atoms with Crippen molar-refractivity contribution in [3.8, 4) is 17.2 Å². The van der Waals surface area contributed by atoms with Gasteiger partial charge in [0, 0.05) is 19.0 Å². The molecule has 0 saturated carbocycles. The van der Waals surface area contributed by atoms with Crippen LogP contribution in [0.25, 0.3) is 0 Å². The molecular weight excluding hydrogens is 290 g/mol. The Morgan fingerprint density at radius 1 is 1.26 bits per heavy atom. The summed E-state index contributed by atoms with van der Waals surface area (Å²) in [5.41, 5.74) is 2.18. The molecule has 0 bridgehead atoms. The first-order valence-electron chi connectivity index (χ1n) is 8.07. The van der Waals surface area contributed by atoms with E-state index in [9.17, 15) is 5.11 Å². The molecule has 0 fully saturated rings. The van der Waals surface area contributed by atoms with Crippen molar-refractivity contribution in [1.82, 2.24) is 0 Å². The quantitative estimate of drug-likeness (QED) is 0.915. The van der Waals surface area contributed by atoms with Crippen LogP contribution in [0.2, 0.25) is 0 Å². The Morgan fingerprint density at radius 2 is 2.13 bits per heavy atom. The minimum Gasteiger partial charge on any atom is -0.508 e. The summed E-state index contributed by atoms with van der Waals surface area (Å²) in [6, 6.07) is 13.4. The van der Waals surface area contributed by atoms with Crippen LogP contribution < -0.4 is 14.4 Å². The Kier molecular flexibility index (Phi) is 4.60. The summed E-state index contributed by atoms with van der Waals surface area (Å²) in [6.45, 7) is 3.94. The summed E-state index contributed by atoms with van der Waals surface area (Å²) in [5, 5.41) is 9.74. The summed E-state index contributed by atoms with van der Waals surface area (Å²) in [6.07, 6.45) is 1.98. The van der Waals surface area contributed by atoms with Gasteiger partial charge in [-0.1, -0.05) is 19.1 Å². The van der Waals surface area contributed by atoms with Gasteiger partial charge in [0.25, 0.3) is 0 Å². The predicted octanol–water partition coefficient (Wildman–Crippen LogP) is 3.62. The van der Waals surface area contributed by atoms with Gasteiger partial charge in [-0.25, -0.2) is 0 Å². The molecule has 0 radical (unpaired) electrons. The number of methoxy groups -OCH3 is 1. The SMILES string of the molecule is CCCN1CC(Cc2cccc(OC)c2)Oc2ccc(O)cc21. The van der Waals surface area contributed by atoms with E-state index in [1.54, 1.807) is 19.2 Å². The lowest BCUT2D eigenvalue weighted by atomic mass is 10.0.